The average molecular weight is 584 g/mol. The van der Waals surface area contributed by atoms with E-state index >= 15 is 0 Å². The summed E-state index contributed by atoms with van der Waals surface area (Å²) in [6.45, 7) is 3.45. The third-order valence-corrected chi connectivity index (χ3v) is 5.59. The molecular weight excluding hydrogens is 566 g/mol. The molecule has 1 saturated heterocycles. The van der Waals surface area contributed by atoms with Crippen molar-refractivity contribution in [2.45, 2.75) is 38.3 Å². The minimum atomic E-state index is -5.58. The molecule has 3 heterocycles. The highest BCUT2D eigenvalue weighted by Gasteiger charge is 2.53. The quantitative estimate of drug-likeness (QED) is 0.246. The first-order chi connectivity index (χ1) is 19.1. The van der Waals surface area contributed by atoms with Crippen LogP contribution in [-0.2, 0) is 20.5 Å². The van der Waals surface area contributed by atoms with Crippen LogP contribution in [0, 0.1) is 0 Å². The maximum Gasteiger partial charge on any atom is 0.491 e. The topological polar surface area (TPSA) is 141 Å². The second kappa shape index (κ2) is 10.5. The van der Waals surface area contributed by atoms with Crippen molar-refractivity contribution >= 4 is 35.1 Å². The number of esters is 1. The molecule has 3 aromatic rings. The first-order valence-corrected chi connectivity index (χ1v) is 11.4. The maximum atomic E-state index is 13.4. The number of amides is 3. The van der Waals surface area contributed by atoms with Gasteiger partial charge in [0.25, 0.3) is 12.1 Å². The summed E-state index contributed by atoms with van der Waals surface area (Å²) in [5, 5.41) is 0. The number of aromatic nitrogens is 3. The second-order valence-corrected chi connectivity index (χ2v) is 8.77. The van der Waals surface area contributed by atoms with E-state index in [9.17, 15) is 40.7 Å². The first-order valence-electron chi connectivity index (χ1n) is 11.4. The van der Waals surface area contributed by atoms with Crippen molar-refractivity contribution in [2.75, 3.05) is 15.5 Å². The fourth-order valence-electron chi connectivity index (χ4n) is 3.73. The summed E-state index contributed by atoms with van der Waals surface area (Å²) >= 11 is 0. The molecule has 3 amide bonds. The highest BCUT2D eigenvalue weighted by molar-refractivity contribution is 6.28. The van der Waals surface area contributed by atoms with Gasteiger partial charge >= 0.3 is 24.4 Å². The summed E-state index contributed by atoms with van der Waals surface area (Å²) in [4.78, 5) is 49.8. The number of imide groups is 1. The standard InChI is InChI=1S/C24H18F6N6O5/c1-11(2)15-6-13(3-4-16(15)40-18-7-17(31)33-10-34-18)35-19(37)20(41-21(38)24(28,29)30)36(22(35)39)14-5-12(8-32-9-14)23(25,26)27/h3-11,20H,1-2H3,(H2,31,33,34). The lowest BCUT2D eigenvalue weighted by atomic mass is 10.0. The number of rotatable bonds is 6. The van der Waals surface area contributed by atoms with Gasteiger partial charge in [-0.3, -0.25) is 9.78 Å². The van der Waals surface area contributed by atoms with E-state index in [0.717, 1.165) is 6.33 Å². The van der Waals surface area contributed by atoms with Gasteiger partial charge in [0.2, 0.25) is 5.88 Å². The van der Waals surface area contributed by atoms with Gasteiger partial charge in [0.15, 0.2) is 0 Å². The normalized spacial score (nSPS) is 16.0. The van der Waals surface area contributed by atoms with Crippen LogP contribution in [0.5, 0.6) is 11.6 Å². The van der Waals surface area contributed by atoms with Gasteiger partial charge in [-0.15, -0.1) is 0 Å². The number of ether oxygens (including phenoxy) is 2. The fourth-order valence-corrected chi connectivity index (χ4v) is 3.73. The zero-order valence-corrected chi connectivity index (χ0v) is 20.9. The average Bonchev–Trinajstić information content (AvgIpc) is 3.12. The van der Waals surface area contributed by atoms with E-state index in [1.165, 1.54) is 24.3 Å². The molecule has 4 rings (SSSR count). The second-order valence-electron chi connectivity index (χ2n) is 8.77. The van der Waals surface area contributed by atoms with Crippen LogP contribution in [-0.4, -0.2) is 45.3 Å². The van der Waals surface area contributed by atoms with Gasteiger partial charge in [0.05, 0.1) is 23.1 Å². The van der Waals surface area contributed by atoms with Crippen molar-refractivity contribution in [2.24, 2.45) is 0 Å². The van der Waals surface area contributed by atoms with E-state index < -0.39 is 47.7 Å². The number of nitrogens with zero attached hydrogens (tertiary/aromatic N) is 5. The number of carbonyl (C=O) groups excluding carboxylic acids is 3. The van der Waals surface area contributed by atoms with Crippen LogP contribution in [0.25, 0.3) is 0 Å². The van der Waals surface area contributed by atoms with Gasteiger partial charge in [-0.2, -0.15) is 26.3 Å². The van der Waals surface area contributed by atoms with E-state index in [1.807, 2.05) is 0 Å². The zero-order valence-electron chi connectivity index (χ0n) is 20.9. The van der Waals surface area contributed by atoms with Gasteiger partial charge in [-0.1, -0.05) is 13.8 Å². The molecule has 1 aliphatic rings. The smallest absolute Gasteiger partial charge is 0.439 e. The number of carbonyl (C=O) groups is 3. The fraction of sp³-hybridized carbons (Fsp3) is 0.250. The van der Waals surface area contributed by atoms with Crippen molar-refractivity contribution in [3.05, 3.63) is 60.2 Å². The van der Waals surface area contributed by atoms with E-state index in [4.69, 9.17) is 10.5 Å². The Labute approximate surface area is 226 Å². The van der Waals surface area contributed by atoms with Crippen LogP contribution < -0.4 is 20.3 Å². The van der Waals surface area contributed by atoms with E-state index in [2.05, 4.69) is 19.7 Å². The number of hydrogen-bond donors (Lipinski definition) is 1. The summed E-state index contributed by atoms with van der Waals surface area (Å²) in [6.07, 6.45) is -10.9. The monoisotopic (exact) mass is 584 g/mol. The predicted molar refractivity (Wildman–Crippen MR) is 128 cm³/mol. The van der Waals surface area contributed by atoms with Crippen molar-refractivity contribution in [1.82, 2.24) is 15.0 Å². The molecule has 1 aromatic carbocycles. The van der Waals surface area contributed by atoms with Gasteiger partial charge in [0.1, 0.15) is 17.9 Å². The summed E-state index contributed by atoms with van der Waals surface area (Å²) < 4.78 is 88.9. The molecule has 0 saturated carbocycles. The Balaban J connectivity index is 1.77. The molecule has 2 aromatic heterocycles. The third kappa shape index (κ3) is 5.97. The number of urea groups is 1. The highest BCUT2D eigenvalue weighted by Crippen LogP contribution is 2.38. The molecule has 11 nitrogen and oxygen atoms in total. The molecule has 0 aliphatic carbocycles. The molecule has 41 heavy (non-hydrogen) atoms. The number of benzene rings is 1. The number of anilines is 3. The van der Waals surface area contributed by atoms with Gasteiger partial charge < -0.3 is 15.2 Å². The molecule has 1 fully saturated rings. The number of alkyl halides is 6. The Morgan fingerprint density at radius 1 is 1.00 bits per heavy atom. The van der Waals surface area contributed by atoms with Crippen molar-refractivity contribution in [3.8, 4) is 11.6 Å². The molecular formula is C24H18F6N6O5. The predicted octanol–water partition coefficient (Wildman–Crippen LogP) is 4.79. The molecule has 1 aliphatic heterocycles. The third-order valence-electron chi connectivity index (χ3n) is 5.59. The molecule has 216 valence electrons. The summed E-state index contributed by atoms with van der Waals surface area (Å²) in [5.41, 5.74) is 3.70. The van der Waals surface area contributed by atoms with Gasteiger partial charge in [-0.25, -0.2) is 29.4 Å². The Bertz CT molecular complexity index is 1510. The van der Waals surface area contributed by atoms with Crippen LogP contribution in [0.3, 0.4) is 0 Å². The Hall–Kier alpha value is -4.96. The lowest BCUT2D eigenvalue weighted by molar-refractivity contribution is -0.204. The van der Waals surface area contributed by atoms with Crippen LogP contribution in [0.1, 0.15) is 30.9 Å². The number of nitrogens with two attached hydrogens (primary N) is 1. The number of halogens is 6. The van der Waals surface area contributed by atoms with Crippen LogP contribution >= 0.6 is 0 Å². The summed E-state index contributed by atoms with van der Waals surface area (Å²) in [5.74, 6) is -4.26. The lowest BCUT2D eigenvalue weighted by Crippen LogP contribution is -2.42. The van der Waals surface area contributed by atoms with Crippen LogP contribution in [0.4, 0.5) is 48.3 Å². The SMILES string of the molecule is CC(C)c1cc(N2C(=O)C(OC(=O)C(F)(F)F)N(c3cncc(C(F)(F)F)c3)C2=O)ccc1Oc1cc(N)ncn1. The Kier molecular flexibility index (Phi) is 7.47. The Morgan fingerprint density at radius 3 is 2.32 bits per heavy atom. The molecule has 17 heteroatoms. The molecule has 0 spiro atoms. The minimum Gasteiger partial charge on any atom is -0.439 e. The summed E-state index contributed by atoms with van der Waals surface area (Å²) in [7, 11) is 0. The van der Waals surface area contributed by atoms with E-state index in [1.54, 1.807) is 13.8 Å². The highest BCUT2D eigenvalue weighted by atomic mass is 19.4. The van der Waals surface area contributed by atoms with E-state index in [-0.39, 0.29) is 34.0 Å². The van der Waals surface area contributed by atoms with Crippen LogP contribution in [0.15, 0.2) is 49.1 Å². The molecule has 0 bridgehead atoms. The van der Waals surface area contributed by atoms with Gasteiger partial charge in [0, 0.05) is 12.3 Å². The minimum absolute atomic E-state index is 0.0582. The van der Waals surface area contributed by atoms with E-state index in [0.29, 0.717) is 28.9 Å². The molecule has 1 atom stereocenters. The maximum absolute atomic E-state index is 13.4. The summed E-state index contributed by atoms with van der Waals surface area (Å²) in [6, 6.07) is 4.12. The molecule has 2 N–H and O–H groups in total. The number of nitrogen functional groups attached to an aromatic ring is 1. The number of hydrogen-bond acceptors (Lipinski definition) is 9. The zero-order chi connectivity index (χ0) is 30.3. The van der Waals surface area contributed by atoms with Crippen molar-refractivity contribution < 1.29 is 50.2 Å². The Morgan fingerprint density at radius 2 is 1.71 bits per heavy atom. The first kappa shape index (κ1) is 29.0. The van der Waals surface area contributed by atoms with Crippen molar-refractivity contribution in [1.29, 1.82) is 0 Å². The molecule has 0 radical (unpaired) electrons. The van der Waals surface area contributed by atoms with Gasteiger partial charge in [-0.05, 0) is 35.7 Å². The number of pyridine rings is 1. The van der Waals surface area contributed by atoms with Crippen LogP contribution in [0.2, 0.25) is 0 Å². The molecule has 1 unspecified atom stereocenters. The largest absolute Gasteiger partial charge is 0.491 e. The van der Waals surface area contributed by atoms with Crippen molar-refractivity contribution in [3.63, 3.8) is 0 Å². The lowest BCUT2D eigenvalue weighted by Gasteiger charge is -2.22.